The van der Waals surface area contributed by atoms with Gasteiger partial charge in [-0.15, -0.1) is 12.4 Å². The second kappa shape index (κ2) is 6.91. The predicted octanol–water partition coefficient (Wildman–Crippen LogP) is 2.03. The van der Waals surface area contributed by atoms with Gasteiger partial charge in [-0.25, -0.2) is 8.42 Å². The van der Waals surface area contributed by atoms with E-state index in [0.29, 0.717) is 34.9 Å². The monoisotopic (exact) mass is 341 g/mol. The van der Waals surface area contributed by atoms with Gasteiger partial charge in [0.25, 0.3) is 0 Å². The van der Waals surface area contributed by atoms with E-state index in [0.717, 1.165) is 12.8 Å². The van der Waals surface area contributed by atoms with Gasteiger partial charge in [-0.1, -0.05) is 6.07 Å². The number of nitrogens with zero attached hydrogens (tertiary/aromatic N) is 2. The molecule has 0 unspecified atom stereocenters. The minimum Gasteiger partial charge on any atom is -0.317 e. The summed E-state index contributed by atoms with van der Waals surface area (Å²) in [5.74, 6) is 0. The summed E-state index contributed by atoms with van der Waals surface area (Å²) in [6.07, 6.45) is 3.37. The first-order valence-corrected chi connectivity index (χ1v) is 8.58. The molecule has 0 bridgehead atoms. The first-order valence-electron chi connectivity index (χ1n) is 7.14. The highest BCUT2D eigenvalue weighted by Gasteiger charge is 2.29. The molecule has 0 amide bonds. The molecular formula is C15H20ClN3O2S. The van der Waals surface area contributed by atoms with Crippen LogP contribution in [0.4, 0.5) is 0 Å². The molecule has 5 nitrogen and oxygen atoms in total. The quantitative estimate of drug-likeness (QED) is 0.928. The fraction of sp³-hybridized carbons (Fsp3) is 0.400. The van der Waals surface area contributed by atoms with Gasteiger partial charge >= 0.3 is 0 Å². The Hall–Kier alpha value is -1.21. The van der Waals surface area contributed by atoms with Gasteiger partial charge in [-0.2, -0.15) is 4.31 Å². The van der Waals surface area contributed by atoms with Crippen LogP contribution in [-0.4, -0.2) is 43.9 Å². The van der Waals surface area contributed by atoms with E-state index in [4.69, 9.17) is 0 Å². The number of fused-ring (bicyclic) bond motifs is 1. The number of halogens is 1. The lowest BCUT2D eigenvalue weighted by Crippen LogP contribution is -2.43. The second-order valence-corrected chi connectivity index (χ2v) is 7.20. The van der Waals surface area contributed by atoms with Crippen LogP contribution in [0, 0.1) is 0 Å². The minimum absolute atomic E-state index is 0. The number of nitrogens with one attached hydrogen (secondary N) is 1. The molecule has 1 fully saturated rings. The maximum Gasteiger partial charge on any atom is 0.243 e. The smallest absolute Gasteiger partial charge is 0.243 e. The maximum absolute atomic E-state index is 12.9. The van der Waals surface area contributed by atoms with E-state index >= 15 is 0 Å². The summed E-state index contributed by atoms with van der Waals surface area (Å²) in [5, 5.41) is 3.90. The van der Waals surface area contributed by atoms with Crippen molar-refractivity contribution in [1.29, 1.82) is 0 Å². The summed E-state index contributed by atoms with van der Waals surface area (Å²) in [5.41, 5.74) is 0.712. The zero-order valence-corrected chi connectivity index (χ0v) is 14.0. The number of sulfonamides is 1. The van der Waals surface area contributed by atoms with E-state index < -0.39 is 10.0 Å². The van der Waals surface area contributed by atoms with Gasteiger partial charge < -0.3 is 5.32 Å². The van der Waals surface area contributed by atoms with E-state index in [1.165, 1.54) is 0 Å². The largest absolute Gasteiger partial charge is 0.317 e. The third-order valence-electron chi connectivity index (χ3n) is 4.09. The van der Waals surface area contributed by atoms with Crippen LogP contribution < -0.4 is 5.32 Å². The Labute approximate surface area is 137 Å². The summed E-state index contributed by atoms with van der Waals surface area (Å²) < 4.78 is 27.3. The van der Waals surface area contributed by atoms with Crippen LogP contribution in [0.15, 0.2) is 41.4 Å². The molecule has 0 radical (unpaired) electrons. The van der Waals surface area contributed by atoms with Crippen LogP contribution in [0.2, 0.25) is 0 Å². The lowest BCUT2D eigenvalue weighted by atomic mass is 10.1. The van der Waals surface area contributed by atoms with Crippen molar-refractivity contribution < 1.29 is 8.42 Å². The Bertz CT molecular complexity index is 738. The zero-order valence-electron chi connectivity index (χ0n) is 12.4. The van der Waals surface area contributed by atoms with Crippen molar-refractivity contribution in [3.05, 3.63) is 36.5 Å². The molecule has 1 N–H and O–H groups in total. The zero-order chi connectivity index (χ0) is 14.9. The van der Waals surface area contributed by atoms with Crippen LogP contribution in [0.25, 0.3) is 10.9 Å². The van der Waals surface area contributed by atoms with Crippen molar-refractivity contribution in [3.8, 4) is 0 Å². The average Bonchev–Trinajstić information content (AvgIpc) is 2.54. The van der Waals surface area contributed by atoms with Crippen molar-refractivity contribution in [2.75, 3.05) is 20.1 Å². The molecule has 1 aliphatic rings. The molecule has 7 heteroatoms. The minimum atomic E-state index is -3.45. The van der Waals surface area contributed by atoms with E-state index in [9.17, 15) is 8.42 Å². The van der Waals surface area contributed by atoms with Crippen LogP contribution in [0.5, 0.6) is 0 Å². The van der Waals surface area contributed by atoms with Gasteiger partial charge in [0.05, 0.1) is 10.4 Å². The summed E-state index contributed by atoms with van der Waals surface area (Å²) in [6, 6.07) is 9.25. The van der Waals surface area contributed by atoms with Crippen LogP contribution in [0.3, 0.4) is 0 Å². The summed E-state index contributed by atoms with van der Waals surface area (Å²) >= 11 is 0. The molecule has 0 spiro atoms. The molecule has 1 aromatic heterocycles. The van der Waals surface area contributed by atoms with Crippen LogP contribution in [-0.2, 0) is 10.0 Å². The molecule has 1 saturated heterocycles. The third kappa shape index (κ3) is 3.10. The number of hydrogen-bond donors (Lipinski definition) is 1. The second-order valence-electron chi connectivity index (χ2n) is 5.29. The van der Waals surface area contributed by atoms with Gasteiger partial charge in [0, 0.05) is 30.7 Å². The van der Waals surface area contributed by atoms with Crippen molar-refractivity contribution in [3.63, 3.8) is 0 Å². The molecule has 0 atom stereocenters. The summed E-state index contributed by atoms with van der Waals surface area (Å²) in [4.78, 5) is 4.59. The number of benzene rings is 1. The molecule has 22 heavy (non-hydrogen) atoms. The lowest BCUT2D eigenvalue weighted by molar-refractivity contribution is 0.298. The molecule has 1 aromatic carbocycles. The molecule has 0 aliphatic carbocycles. The molecular weight excluding hydrogens is 322 g/mol. The summed E-state index contributed by atoms with van der Waals surface area (Å²) in [6.45, 7) is 1.12. The highest BCUT2D eigenvalue weighted by Crippen LogP contribution is 2.26. The Morgan fingerprint density at radius 1 is 1.18 bits per heavy atom. The van der Waals surface area contributed by atoms with Crippen molar-refractivity contribution >= 4 is 33.3 Å². The molecule has 2 heterocycles. The number of aromatic nitrogens is 1. The number of rotatable bonds is 3. The van der Waals surface area contributed by atoms with E-state index in [-0.39, 0.29) is 12.4 Å². The Morgan fingerprint density at radius 2 is 1.91 bits per heavy atom. The van der Waals surface area contributed by atoms with Crippen molar-refractivity contribution in [1.82, 2.24) is 14.6 Å². The topological polar surface area (TPSA) is 62.3 Å². The first-order chi connectivity index (χ1) is 10.1. The van der Waals surface area contributed by atoms with Crippen molar-refractivity contribution in [2.24, 2.45) is 0 Å². The van der Waals surface area contributed by atoms with Gasteiger partial charge in [0.2, 0.25) is 10.0 Å². The van der Waals surface area contributed by atoms with Crippen LogP contribution in [0.1, 0.15) is 12.8 Å². The lowest BCUT2D eigenvalue weighted by Gasteiger charge is -2.31. The molecule has 3 rings (SSSR count). The Kier molecular flexibility index (Phi) is 5.39. The standard InChI is InChI=1S/C15H19N3O2S.ClH/c1-16-12-7-10-18(11-8-12)21(19,20)15-6-2-5-14-13(15)4-3-9-17-14;/h2-6,9,12,16H,7-8,10-11H2,1H3;1H. The Morgan fingerprint density at radius 3 is 2.59 bits per heavy atom. The number of pyridine rings is 1. The van der Waals surface area contributed by atoms with E-state index in [2.05, 4.69) is 10.3 Å². The van der Waals surface area contributed by atoms with E-state index in [1.807, 2.05) is 19.2 Å². The van der Waals surface area contributed by atoms with E-state index in [1.54, 1.807) is 28.7 Å². The normalized spacial score (nSPS) is 17.3. The molecule has 120 valence electrons. The molecule has 2 aromatic rings. The molecule has 0 saturated carbocycles. The SMILES string of the molecule is CNC1CCN(S(=O)(=O)c2cccc3ncccc23)CC1.Cl. The number of hydrogen-bond acceptors (Lipinski definition) is 4. The average molecular weight is 342 g/mol. The van der Waals surface area contributed by atoms with Gasteiger partial charge in [-0.3, -0.25) is 4.98 Å². The van der Waals surface area contributed by atoms with Gasteiger partial charge in [-0.05, 0) is 44.2 Å². The van der Waals surface area contributed by atoms with Gasteiger partial charge in [0.1, 0.15) is 0 Å². The van der Waals surface area contributed by atoms with Gasteiger partial charge in [0.15, 0.2) is 0 Å². The molecule has 1 aliphatic heterocycles. The Balaban J connectivity index is 0.00000176. The predicted molar refractivity (Wildman–Crippen MR) is 89.8 cm³/mol. The maximum atomic E-state index is 12.9. The highest BCUT2D eigenvalue weighted by atomic mass is 35.5. The number of piperidine rings is 1. The fourth-order valence-electron chi connectivity index (χ4n) is 2.82. The fourth-order valence-corrected chi connectivity index (χ4v) is 4.49. The van der Waals surface area contributed by atoms with Crippen LogP contribution >= 0.6 is 12.4 Å². The van der Waals surface area contributed by atoms with Crippen molar-refractivity contribution in [2.45, 2.75) is 23.8 Å². The highest BCUT2D eigenvalue weighted by molar-refractivity contribution is 7.89. The summed E-state index contributed by atoms with van der Waals surface area (Å²) in [7, 11) is -1.53. The first kappa shape index (κ1) is 17.1. The third-order valence-corrected chi connectivity index (χ3v) is 6.04.